The van der Waals surface area contributed by atoms with Crippen LogP contribution < -0.4 is 5.32 Å². The van der Waals surface area contributed by atoms with E-state index in [-0.39, 0.29) is 6.04 Å². The van der Waals surface area contributed by atoms with Gasteiger partial charge in [-0.2, -0.15) is 5.10 Å². The van der Waals surface area contributed by atoms with Crippen molar-refractivity contribution in [3.63, 3.8) is 0 Å². The van der Waals surface area contributed by atoms with Crippen LogP contribution in [0.25, 0.3) is 0 Å². The fourth-order valence-electron chi connectivity index (χ4n) is 1.98. The molecule has 0 aromatic carbocycles. The van der Waals surface area contributed by atoms with E-state index < -0.39 is 0 Å². The van der Waals surface area contributed by atoms with Crippen LogP contribution >= 0.6 is 0 Å². The van der Waals surface area contributed by atoms with E-state index in [4.69, 9.17) is 0 Å². The quantitative estimate of drug-likeness (QED) is 0.877. The fraction of sp³-hybridized carbons (Fsp3) is 0.429. The molecule has 1 unspecified atom stereocenters. The van der Waals surface area contributed by atoms with E-state index in [1.54, 1.807) is 0 Å². The predicted octanol–water partition coefficient (Wildman–Crippen LogP) is 2.31. The summed E-state index contributed by atoms with van der Waals surface area (Å²) in [6, 6.07) is 4.34. The van der Waals surface area contributed by atoms with E-state index in [0.29, 0.717) is 0 Å². The zero-order valence-electron chi connectivity index (χ0n) is 11.2. The molecule has 1 atom stereocenters. The van der Waals surface area contributed by atoms with Gasteiger partial charge in [0.2, 0.25) is 0 Å². The lowest BCUT2D eigenvalue weighted by atomic mass is 10.0. The molecule has 0 amide bonds. The maximum absolute atomic E-state index is 4.37. The maximum Gasteiger partial charge on any atom is 0.0623 e. The van der Waals surface area contributed by atoms with Gasteiger partial charge in [-0.15, -0.1) is 0 Å². The highest BCUT2D eigenvalue weighted by molar-refractivity contribution is 5.27. The van der Waals surface area contributed by atoms with Gasteiger partial charge in [0.25, 0.3) is 0 Å². The summed E-state index contributed by atoms with van der Waals surface area (Å²) in [6.45, 7) is 8.01. The zero-order valence-corrected chi connectivity index (χ0v) is 11.2. The molecule has 2 rings (SSSR count). The Balaban J connectivity index is 2.29. The van der Waals surface area contributed by atoms with Crippen LogP contribution in [0.5, 0.6) is 0 Å². The van der Waals surface area contributed by atoms with Gasteiger partial charge in [-0.25, -0.2) is 0 Å². The van der Waals surface area contributed by atoms with Gasteiger partial charge in [0.1, 0.15) is 0 Å². The van der Waals surface area contributed by atoms with Crippen LogP contribution in [-0.4, -0.2) is 21.3 Å². The lowest BCUT2D eigenvalue weighted by Crippen LogP contribution is -2.21. The first kappa shape index (κ1) is 12.8. The summed E-state index contributed by atoms with van der Waals surface area (Å²) in [6.07, 6.45) is 5.95. The van der Waals surface area contributed by atoms with Gasteiger partial charge >= 0.3 is 0 Å². The molecule has 4 nitrogen and oxygen atoms in total. The van der Waals surface area contributed by atoms with Crippen LogP contribution in [0, 0.1) is 6.92 Å². The Kier molecular flexibility index (Phi) is 4.10. The molecular weight excluding hydrogens is 224 g/mol. The van der Waals surface area contributed by atoms with E-state index in [9.17, 15) is 0 Å². The highest BCUT2D eigenvalue weighted by atomic mass is 15.3. The second kappa shape index (κ2) is 5.78. The first-order chi connectivity index (χ1) is 8.74. The molecule has 0 saturated heterocycles. The molecule has 1 N–H and O–H groups in total. The van der Waals surface area contributed by atoms with Crippen molar-refractivity contribution in [1.82, 2.24) is 20.1 Å². The second-order valence-corrected chi connectivity index (χ2v) is 4.35. The van der Waals surface area contributed by atoms with Crippen molar-refractivity contribution in [3.05, 3.63) is 47.5 Å². The largest absolute Gasteiger partial charge is 0.306 e. The Bertz CT molecular complexity index is 487. The molecule has 0 bridgehead atoms. The van der Waals surface area contributed by atoms with Crippen molar-refractivity contribution in [2.75, 3.05) is 6.54 Å². The minimum absolute atomic E-state index is 0.170. The minimum atomic E-state index is 0.170. The molecule has 0 aliphatic heterocycles. The summed E-state index contributed by atoms with van der Waals surface area (Å²) < 4.78 is 1.95. The summed E-state index contributed by atoms with van der Waals surface area (Å²) in [4.78, 5) is 4.37. The van der Waals surface area contributed by atoms with Crippen molar-refractivity contribution >= 4 is 0 Å². The fourth-order valence-corrected chi connectivity index (χ4v) is 1.98. The van der Waals surface area contributed by atoms with Gasteiger partial charge in [-0.05, 0) is 32.0 Å². The van der Waals surface area contributed by atoms with Crippen molar-refractivity contribution in [2.24, 2.45) is 0 Å². The number of hydrogen-bond acceptors (Lipinski definition) is 3. The Morgan fingerprint density at radius 3 is 2.61 bits per heavy atom. The lowest BCUT2D eigenvalue weighted by molar-refractivity contribution is 0.623. The van der Waals surface area contributed by atoms with Crippen molar-refractivity contribution in [1.29, 1.82) is 0 Å². The van der Waals surface area contributed by atoms with E-state index in [0.717, 1.165) is 18.8 Å². The van der Waals surface area contributed by atoms with Gasteiger partial charge in [-0.3, -0.25) is 9.67 Å². The van der Waals surface area contributed by atoms with Crippen LogP contribution in [0.4, 0.5) is 0 Å². The van der Waals surface area contributed by atoms with Gasteiger partial charge in [0, 0.05) is 30.2 Å². The third kappa shape index (κ3) is 2.76. The summed E-state index contributed by atoms with van der Waals surface area (Å²) in [5.41, 5.74) is 3.40. The molecule has 4 heteroatoms. The highest BCUT2D eigenvalue weighted by Gasteiger charge is 2.14. The van der Waals surface area contributed by atoms with E-state index in [1.807, 2.05) is 30.1 Å². The van der Waals surface area contributed by atoms with Crippen LogP contribution in [0.2, 0.25) is 0 Å². The van der Waals surface area contributed by atoms with Gasteiger partial charge in [0.15, 0.2) is 0 Å². The molecule has 0 saturated carbocycles. The molecule has 0 aliphatic rings. The first-order valence-corrected chi connectivity index (χ1v) is 6.42. The highest BCUT2D eigenvalue weighted by Crippen LogP contribution is 2.21. The molecule has 2 aromatic rings. The normalized spacial score (nSPS) is 12.6. The van der Waals surface area contributed by atoms with Gasteiger partial charge in [-0.1, -0.05) is 13.0 Å². The zero-order chi connectivity index (χ0) is 13.0. The van der Waals surface area contributed by atoms with Gasteiger partial charge < -0.3 is 5.32 Å². The van der Waals surface area contributed by atoms with E-state index in [2.05, 4.69) is 41.5 Å². The topological polar surface area (TPSA) is 42.7 Å². The molecule has 0 aliphatic carbocycles. The third-order valence-corrected chi connectivity index (χ3v) is 2.99. The van der Waals surface area contributed by atoms with Crippen LogP contribution in [-0.2, 0) is 6.54 Å². The lowest BCUT2D eigenvalue weighted by Gasteiger charge is -2.16. The molecule has 2 aromatic heterocycles. The van der Waals surface area contributed by atoms with Crippen LogP contribution in [0.15, 0.2) is 30.7 Å². The summed E-state index contributed by atoms with van der Waals surface area (Å²) in [7, 11) is 0. The second-order valence-electron chi connectivity index (χ2n) is 4.35. The van der Waals surface area contributed by atoms with Gasteiger partial charge in [0.05, 0.1) is 12.2 Å². The molecule has 96 valence electrons. The third-order valence-electron chi connectivity index (χ3n) is 2.99. The number of rotatable bonds is 5. The number of nitrogens with zero attached hydrogens (tertiary/aromatic N) is 3. The number of aryl methyl sites for hydroxylation is 2. The summed E-state index contributed by atoms with van der Waals surface area (Å²) in [5, 5.41) is 7.82. The SMILES string of the molecule is CCNC(c1ccc(C)nc1)c1cnn(CC)c1. The average Bonchev–Trinajstić information content (AvgIpc) is 2.86. The number of hydrogen-bond donors (Lipinski definition) is 1. The maximum atomic E-state index is 4.37. The molecule has 0 fully saturated rings. The van der Waals surface area contributed by atoms with Crippen molar-refractivity contribution in [3.8, 4) is 0 Å². The Morgan fingerprint density at radius 2 is 2.06 bits per heavy atom. The molecular formula is C14H20N4. The summed E-state index contributed by atoms with van der Waals surface area (Å²) >= 11 is 0. The van der Waals surface area contributed by atoms with Crippen molar-refractivity contribution < 1.29 is 0 Å². The van der Waals surface area contributed by atoms with E-state index in [1.165, 1.54) is 11.1 Å². The molecule has 2 heterocycles. The van der Waals surface area contributed by atoms with E-state index >= 15 is 0 Å². The average molecular weight is 244 g/mol. The number of aromatic nitrogens is 3. The van der Waals surface area contributed by atoms with Crippen LogP contribution in [0.3, 0.4) is 0 Å². The molecule has 0 spiro atoms. The van der Waals surface area contributed by atoms with Crippen LogP contribution in [0.1, 0.15) is 36.7 Å². The number of nitrogens with one attached hydrogen (secondary N) is 1. The standard InChI is InChI=1S/C14H20N4/c1-4-15-14(12-7-6-11(3)16-8-12)13-9-17-18(5-2)10-13/h6-10,14-15H,4-5H2,1-3H3. The van der Waals surface area contributed by atoms with Crippen molar-refractivity contribution in [2.45, 2.75) is 33.4 Å². The predicted molar refractivity (Wildman–Crippen MR) is 72.4 cm³/mol. The number of pyridine rings is 1. The Labute approximate surface area is 108 Å². The first-order valence-electron chi connectivity index (χ1n) is 6.42. The summed E-state index contributed by atoms with van der Waals surface area (Å²) in [5.74, 6) is 0. The minimum Gasteiger partial charge on any atom is -0.306 e. The molecule has 18 heavy (non-hydrogen) atoms. The monoisotopic (exact) mass is 244 g/mol. The Hall–Kier alpha value is -1.68. The molecule has 0 radical (unpaired) electrons. The Morgan fingerprint density at radius 1 is 1.22 bits per heavy atom. The smallest absolute Gasteiger partial charge is 0.0623 e.